The standard InChI is InChI=1S/C14H27N3O3/c1-4-5-15-13(18)10-16-6-8-17(9-7-16)14(19)20-11-12(2)3/h12H,4-11H2,1-3H3,(H,15,18). The molecule has 0 atom stereocenters. The molecule has 1 N–H and O–H groups in total. The Morgan fingerprint density at radius 3 is 2.40 bits per heavy atom. The van der Waals surface area contributed by atoms with Crippen molar-refractivity contribution in [3.8, 4) is 0 Å². The molecular formula is C14H27N3O3. The Bertz CT molecular complexity index is 313. The van der Waals surface area contributed by atoms with Crippen molar-refractivity contribution in [1.29, 1.82) is 0 Å². The second kappa shape index (κ2) is 8.79. The number of amides is 2. The van der Waals surface area contributed by atoms with E-state index in [2.05, 4.69) is 10.2 Å². The van der Waals surface area contributed by atoms with Crippen LogP contribution in [0.2, 0.25) is 0 Å². The highest BCUT2D eigenvalue weighted by Crippen LogP contribution is 2.05. The van der Waals surface area contributed by atoms with Gasteiger partial charge >= 0.3 is 6.09 Å². The van der Waals surface area contributed by atoms with Gasteiger partial charge in [-0.2, -0.15) is 0 Å². The summed E-state index contributed by atoms with van der Waals surface area (Å²) in [6.45, 7) is 10.3. The number of hydrogen-bond acceptors (Lipinski definition) is 4. The van der Waals surface area contributed by atoms with E-state index in [-0.39, 0.29) is 12.0 Å². The number of carbonyl (C=O) groups excluding carboxylic acids is 2. The Labute approximate surface area is 121 Å². The smallest absolute Gasteiger partial charge is 0.409 e. The first kappa shape index (κ1) is 16.8. The third-order valence-electron chi connectivity index (χ3n) is 3.11. The molecule has 1 aliphatic rings. The van der Waals surface area contributed by atoms with Gasteiger partial charge in [0.1, 0.15) is 0 Å². The molecule has 20 heavy (non-hydrogen) atoms. The molecule has 1 fully saturated rings. The zero-order chi connectivity index (χ0) is 15.0. The number of piperazine rings is 1. The van der Waals surface area contributed by atoms with Crippen LogP contribution >= 0.6 is 0 Å². The zero-order valence-electron chi connectivity index (χ0n) is 12.9. The van der Waals surface area contributed by atoms with E-state index >= 15 is 0 Å². The van der Waals surface area contributed by atoms with Crippen LogP contribution in [0, 0.1) is 5.92 Å². The molecule has 0 bridgehead atoms. The van der Waals surface area contributed by atoms with Gasteiger partial charge in [-0.1, -0.05) is 20.8 Å². The normalized spacial score (nSPS) is 16.3. The van der Waals surface area contributed by atoms with Gasteiger partial charge < -0.3 is 15.0 Å². The van der Waals surface area contributed by atoms with E-state index in [1.807, 2.05) is 20.8 Å². The maximum atomic E-state index is 11.8. The van der Waals surface area contributed by atoms with Gasteiger partial charge in [0.05, 0.1) is 13.2 Å². The van der Waals surface area contributed by atoms with Crippen molar-refractivity contribution in [3.05, 3.63) is 0 Å². The lowest BCUT2D eigenvalue weighted by atomic mass is 10.2. The van der Waals surface area contributed by atoms with Crippen molar-refractivity contribution >= 4 is 12.0 Å². The van der Waals surface area contributed by atoms with E-state index in [4.69, 9.17) is 4.74 Å². The molecule has 0 saturated carbocycles. The molecule has 0 aromatic rings. The van der Waals surface area contributed by atoms with Crippen LogP contribution in [-0.4, -0.2) is 67.7 Å². The van der Waals surface area contributed by atoms with E-state index in [0.29, 0.717) is 32.2 Å². The molecule has 0 aromatic carbocycles. The number of carbonyl (C=O) groups is 2. The summed E-state index contributed by atoms with van der Waals surface area (Å²) in [7, 11) is 0. The van der Waals surface area contributed by atoms with Gasteiger partial charge in [0.25, 0.3) is 0 Å². The Morgan fingerprint density at radius 2 is 1.85 bits per heavy atom. The number of rotatable bonds is 6. The first-order chi connectivity index (χ1) is 9.52. The van der Waals surface area contributed by atoms with Crippen molar-refractivity contribution in [2.75, 3.05) is 45.9 Å². The Hall–Kier alpha value is -1.30. The van der Waals surface area contributed by atoms with E-state index in [1.54, 1.807) is 4.90 Å². The number of ether oxygens (including phenoxy) is 1. The molecule has 2 amide bonds. The van der Waals surface area contributed by atoms with Crippen molar-refractivity contribution in [1.82, 2.24) is 15.1 Å². The van der Waals surface area contributed by atoms with Crippen LogP contribution in [0.15, 0.2) is 0 Å². The fraction of sp³-hybridized carbons (Fsp3) is 0.857. The lowest BCUT2D eigenvalue weighted by Gasteiger charge is -2.33. The highest BCUT2D eigenvalue weighted by Gasteiger charge is 2.23. The van der Waals surface area contributed by atoms with E-state index < -0.39 is 0 Å². The van der Waals surface area contributed by atoms with E-state index in [0.717, 1.165) is 26.1 Å². The van der Waals surface area contributed by atoms with Gasteiger partial charge in [-0.3, -0.25) is 9.69 Å². The van der Waals surface area contributed by atoms with Gasteiger partial charge in [-0.15, -0.1) is 0 Å². The predicted molar refractivity (Wildman–Crippen MR) is 77.5 cm³/mol. The predicted octanol–water partition coefficient (Wildman–Crippen LogP) is 0.923. The Kier molecular flexibility index (Phi) is 7.36. The first-order valence-corrected chi connectivity index (χ1v) is 7.43. The van der Waals surface area contributed by atoms with Gasteiger partial charge in [0.2, 0.25) is 5.91 Å². The SMILES string of the molecule is CCCNC(=O)CN1CCN(C(=O)OCC(C)C)CC1. The molecule has 1 aliphatic heterocycles. The monoisotopic (exact) mass is 285 g/mol. The molecule has 0 aliphatic carbocycles. The molecular weight excluding hydrogens is 258 g/mol. The lowest BCUT2D eigenvalue weighted by Crippen LogP contribution is -2.51. The van der Waals surface area contributed by atoms with Crippen LogP contribution in [0.1, 0.15) is 27.2 Å². The summed E-state index contributed by atoms with van der Waals surface area (Å²) in [5, 5.41) is 2.86. The highest BCUT2D eigenvalue weighted by atomic mass is 16.6. The van der Waals surface area contributed by atoms with Gasteiger partial charge in [-0.05, 0) is 12.3 Å². The van der Waals surface area contributed by atoms with E-state index in [1.165, 1.54) is 0 Å². The van der Waals surface area contributed by atoms with Crippen LogP contribution < -0.4 is 5.32 Å². The average Bonchev–Trinajstić information content (AvgIpc) is 2.43. The molecule has 0 spiro atoms. The Morgan fingerprint density at radius 1 is 1.20 bits per heavy atom. The molecule has 116 valence electrons. The molecule has 0 radical (unpaired) electrons. The molecule has 1 heterocycles. The fourth-order valence-corrected chi connectivity index (χ4v) is 1.94. The van der Waals surface area contributed by atoms with Crippen molar-refractivity contribution in [2.45, 2.75) is 27.2 Å². The summed E-state index contributed by atoms with van der Waals surface area (Å²) in [6.07, 6.45) is 0.704. The summed E-state index contributed by atoms with van der Waals surface area (Å²) >= 11 is 0. The number of nitrogens with one attached hydrogen (secondary N) is 1. The van der Waals surface area contributed by atoms with Crippen molar-refractivity contribution in [2.24, 2.45) is 5.92 Å². The first-order valence-electron chi connectivity index (χ1n) is 7.43. The summed E-state index contributed by atoms with van der Waals surface area (Å²) in [6, 6.07) is 0. The van der Waals surface area contributed by atoms with Gasteiger partial charge in [-0.25, -0.2) is 4.79 Å². The summed E-state index contributed by atoms with van der Waals surface area (Å²) < 4.78 is 5.20. The van der Waals surface area contributed by atoms with E-state index in [9.17, 15) is 9.59 Å². The second-order valence-electron chi connectivity index (χ2n) is 5.58. The third-order valence-corrected chi connectivity index (χ3v) is 3.11. The van der Waals surface area contributed by atoms with Gasteiger partial charge in [0, 0.05) is 32.7 Å². The highest BCUT2D eigenvalue weighted by molar-refractivity contribution is 5.78. The summed E-state index contributed by atoms with van der Waals surface area (Å²) in [4.78, 5) is 27.2. The minimum atomic E-state index is -0.242. The average molecular weight is 285 g/mol. The zero-order valence-corrected chi connectivity index (χ0v) is 12.9. The topological polar surface area (TPSA) is 61.9 Å². The molecule has 0 aromatic heterocycles. The fourth-order valence-electron chi connectivity index (χ4n) is 1.94. The largest absolute Gasteiger partial charge is 0.449 e. The van der Waals surface area contributed by atoms with Crippen molar-refractivity contribution in [3.63, 3.8) is 0 Å². The lowest BCUT2D eigenvalue weighted by molar-refractivity contribution is -0.122. The maximum absolute atomic E-state index is 11.8. The third kappa shape index (κ3) is 6.23. The minimum Gasteiger partial charge on any atom is -0.449 e. The maximum Gasteiger partial charge on any atom is 0.409 e. The van der Waals surface area contributed by atoms with Crippen LogP contribution in [-0.2, 0) is 9.53 Å². The Balaban J connectivity index is 2.22. The molecule has 1 rings (SSSR count). The van der Waals surface area contributed by atoms with Gasteiger partial charge in [0.15, 0.2) is 0 Å². The second-order valence-corrected chi connectivity index (χ2v) is 5.58. The molecule has 1 saturated heterocycles. The number of hydrogen-bond donors (Lipinski definition) is 1. The van der Waals surface area contributed by atoms with Crippen molar-refractivity contribution < 1.29 is 14.3 Å². The number of nitrogens with zero attached hydrogens (tertiary/aromatic N) is 2. The van der Waals surface area contributed by atoms with Crippen LogP contribution in [0.4, 0.5) is 4.79 Å². The quantitative estimate of drug-likeness (QED) is 0.788. The molecule has 0 unspecified atom stereocenters. The summed E-state index contributed by atoms with van der Waals surface area (Å²) in [5.41, 5.74) is 0. The molecule has 6 heteroatoms. The van der Waals surface area contributed by atoms with Crippen LogP contribution in [0.3, 0.4) is 0 Å². The van der Waals surface area contributed by atoms with Crippen LogP contribution in [0.25, 0.3) is 0 Å². The molecule has 6 nitrogen and oxygen atoms in total. The minimum absolute atomic E-state index is 0.0580. The van der Waals surface area contributed by atoms with Crippen LogP contribution in [0.5, 0.6) is 0 Å². The summed E-state index contributed by atoms with van der Waals surface area (Å²) in [5.74, 6) is 0.408.